The maximum atomic E-state index is 13.2. The highest BCUT2D eigenvalue weighted by Crippen LogP contribution is 2.29. The van der Waals surface area contributed by atoms with Gasteiger partial charge in [0.1, 0.15) is 0 Å². The van der Waals surface area contributed by atoms with Crippen molar-refractivity contribution < 1.29 is 9.31 Å². The van der Waals surface area contributed by atoms with Crippen molar-refractivity contribution in [2.75, 3.05) is 11.9 Å². The van der Waals surface area contributed by atoms with Gasteiger partial charge in [-0.05, 0) is 37.4 Å². The zero-order valence-corrected chi connectivity index (χ0v) is 9.93. The molecule has 0 radical (unpaired) electrons. The molecule has 2 unspecified atom stereocenters. The van der Waals surface area contributed by atoms with E-state index in [1.54, 1.807) is 0 Å². The van der Waals surface area contributed by atoms with Crippen molar-refractivity contribution in [2.45, 2.75) is 25.3 Å². The van der Waals surface area contributed by atoms with Crippen LogP contribution in [0, 0.1) is 21.8 Å². The molecule has 0 amide bonds. The highest BCUT2D eigenvalue weighted by molar-refractivity contribution is 5.52. The zero-order valence-electron chi connectivity index (χ0n) is 9.93. The Balaban J connectivity index is 2.14. The highest BCUT2D eigenvalue weighted by Gasteiger charge is 2.26. The van der Waals surface area contributed by atoms with E-state index in [2.05, 4.69) is 5.32 Å². The minimum atomic E-state index is -0.813. The van der Waals surface area contributed by atoms with E-state index in [0.717, 1.165) is 25.3 Å². The van der Waals surface area contributed by atoms with E-state index in [-0.39, 0.29) is 6.04 Å². The first-order chi connectivity index (χ1) is 8.61. The zero-order chi connectivity index (χ0) is 13.1. The average molecular weight is 253 g/mol. The Morgan fingerprint density at radius 2 is 2.28 bits per heavy atom. The second-order valence-electron chi connectivity index (χ2n) is 4.60. The number of anilines is 1. The van der Waals surface area contributed by atoms with Crippen LogP contribution in [0.3, 0.4) is 0 Å². The third kappa shape index (κ3) is 2.59. The van der Waals surface area contributed by atoms with E-state index in [9.17, 15) is 14.5 Å². The maximum Gasteiger partial charge on any atom is 0.306 e. The number of benzene rings is 1. The first-order valence-electron chi connectivity index (χ1n) is 6.02. The van der Waals surface area contributed by atoms with Crippen LogP contribution in [0.25, 0.3) is 0 Å². The van der Waals surface area contributed by atoms with Crippen LogP contribution in [0.1, 0.15) is 19.3 Å². The van der Waals surface area contributed by atoms with Crippen molar-refractivity contribution >= 4 is 11.4 Å². The van der Waals surface area contributed by atoms with Crippen molar-refractivity contribution in [1.29, 1.82) is 0 Å². The fraction of sp³-hybridized carbons (Fsp3) is 0.500. The summed E-state index contributed by atoms with van der Waals surface area (Å²) in [6, 6.07) is 4.10. The van der Waals surface area contributed by atoms with Crippen molar-refractivity contribution in [2.24, 2.45) is 11.7 Å². The van der Waals surface area contributed by atoms with Crippen molar-refractivity contribution in [3.05, 3.63) is 34.1 Å². The van der Waals surface area contributed by atoms with Crippen LogP contribution >= 0.6 is 0 Å². The van der Waals surface area contributed by atoms with Crippen molar-refractivity contribution in [3.8, 4) is 0 Å². The molecule has 0 aromatic heterocycles. The minimum Gasteiger partial charge on any atom is -0.382 e. The Labute approximate surface area is 104 Å². The molecular formula is C12H16FN3O2. The number of rotatable bonds is 4. The quantitative estimate of drug-likeness (QED) is 0.637. The molecule has 1 aromatic rings. The lowest BCUT2D eigenvalue weighted by Crippen LogP contribution is -2.29. The van der Waals surface area contributed by atoms with Crippen LogP contribution in [0.4, 0.5) is 15.8 Å². The molecule has 2 rings (SSSR count). The number of halogens is 1. The molecule has 18 heavy (non-hydrogen) atoms. The van der Waals surface area contributed by atoms with Crippen LogP contribution < -0.4 is 11.1 Å². The van der Waals surface area contributed by atoms with Gasteiger partial charge in [-0.2, -0.15) is 4.39 Å². The number of nitrogens with zero attached hydrogens (tertiary/aromatic N) is 1. The van der Waals surface area contributed by atoms with Gasteiger partial charge in [0.15, 0.2) is 0 Å². The monoisotopic (exact) mass is 253 g/mol. The Bertz CT molecular complexity index is 453. The predicted octanol–water partition coefficient (Wildman–Crippen LogP) is 2.27. The van der Waals surface area contributed by atoms with Crippen molar-refractivity contribution in [1.82, 2.24) is 0 Å². The number of nitro benzene ring substituents is 1. The molecule has 1 saturated carbocycles. The fourth-order valence-corrected chi connectivity index (χ4v) is 2.47. The SMILES string of the molecule is NCC1CCCC1Nc1ccc(F)c([N+](=O)[O-])c1. The second kappa shape index (κ2) is 5.30. The first-order valence-corrected chi connectivity index (χ1v) is 6.02. The topological polar surface area (TPSA) is 81.2 Å². The first kappa shape index (κ1) is 12.8. The van der Waals surface area contributed by atoms with Gasteiger partial charge < -0.3 is 11.1 Å². The number of nitrogens with one attached hydrogen (secondary N) is 1. The lowest BCUT2D eigenvalue weighted by Gasteiger charge is -2.20. The fourth-order valence-electron chi connectivity index (χ4n) is 2.47. The normalized spacial score (nSPS) is 23.0. The van der Waals surface area contributed by atoms with Gasteiger partial charge in [0.25, 0.3) is 0 Å². The van der Waals surface area contributed by atoms with Crippen LogP contribution in [0.2, 0.25) is 0 Å². The number of nitro groups is 1. The van der Waals surface area contributed by atoms with Gasteiger partial charge in [0.05, 0.1) is 4.92 Å². The van der Waals surface area contributed by atoms with Gasteiger partial charge in [-0.3, -0.25) is 10.1 Å². The molecule has 1 aliphatic carbocycles. The molecule has 0 saturated heterocycles. The Kier molecular flexibility index (Phi) is 3.76. The summed E-state index contributed by atoms with van der Waals surface area (Å²) >= 11 is 0. The van der Waals surface area contributed by atoms with Gasteiger partial charge in [0, 0.05) is 17.8 Å². The molecule has 1 fully saturated rings. The number of hydrogen-bond donors (Lipinski definition) is 2. The summed E-state index contributed by atoms with van der Waals surface area (Å²) in [7, 11) is 0. The van der Waals surface area contributed by atoms with E-state index in [4.69, 9.17) is 5.73 Å². The third-order valence-corrected chi connectivity index (χ3v) is 3.46. The van der Waals surface area contributed by atoms with E-state index in [0.29, 0.717) is 18.2 Å². The van der Waals surface area contributed by atoms with E-state index in [1.807, 2.05) is 0 Å². The summed E-state index contributed by atoms with van der Waals surface area (Å²) in [5, 5.41) is 13.9. The van der Waals surface area contributed by atoms with Gasteiger partial charge >= 0.3 is 5.69 Å². The molecule has 0 heterocycles. The molecule has 6 heteroatoms. The highest BCUT2D eigenvalue weighted by atomic mass is 19.1. The summed E-state index contributed by atoms with van der Waals surface area (Å²) in [6.07, 6.45) is 3.16. The molecular weight excluding hydrogens is 237 g/mol. The van der Waals surface area contributed by atoms with E-state index in [1.165, 1.54) is 12.1 Å². The van der Waals surface area contributed by atoms with Crippen LogP contribution in [-0.4, -0.2) is 17.5 Å². The molecule has 1 aromatic carbocycles. The lowest BCUT2D eigenvalue weighted by atomic mass is 10.0. The molecule has 0 spiro atoms. The molecule has 0 bridgehead atoms. The lowest BCUT2D eigenvalue weighted by molar-refractivity contribution is -0.387. The number of hydrogen-bond acceptors (Lipinski definition) is 4. The van der Waals surface area contributed by atoms with Gasteiger partial charge in [-0.1, -0.05) is 6.42 Å². The molecule has 5 nitrogen and oxygen atoms in total. The van der Waals surface area contributed by atoms with Crippen LogP contribution in [0.5, 0.6) is 0 Å². The maximum absolute atomic E-state index is 13.2. The standard InChI is InChI=1S/C12H16FN3O2/c13-10-5-4-9(6-12(10)16(17)18)15-11-3-1-2-8(11)7-14/h4-6,8,11,15H,1-3,7,14H2. The largest absolute Gasteiger partial charge is 0.382 e. The van der Waals surface area contributed by atoms with Gasteiger partial charge in [-0.25, -0.2) is 0 Å². The summed E-state index contributed by atoms with van der Waals surface area (Å²) in [4.78, 5) is 9.94. The Morgan fingerprint density at radius 1 is 1.50 bits per heavy atom. The van der Waals surface area contributed by atoms with Crippen LogP contribution in [0.15, 0.2) is 18.2 Å². The van der Waals surface area contributed by atoms with Gasteiger partial charge in [-0.15, -0.1) is 0 Å². The summed E-state index contributed by atoms with van der Waals surface area (Å²) in [5.74, 6) is -0.429. The summed E-state index contributed by atoms with van der Waals surface area (Å²) in [6.45, 7) is 0.598. The molecule has 3 N–H and O–H groups in total. The molecule has 98 valence electrons. The summed E-state index contributed by atoms with van der Waals surface area (Å²) in [5.41, 5.74) is 5.75. The third-order valence-electron chi connectivity index (χ3n) is 3.46. The average Bonchev–Trinajstić information content (AvgIpc) is 2.78. The van der Waals surface area contributed by atoms with Crippen LogP contribution in [-0.2, 0) is 0 Å². The minimum absolute atomic E-state index is 0.222. The van der Waals surface area contributed by atoms with Gasteiger partial charge in [0.2, 0.25) is 5.82 Å². The van der Waals surface area contributed by atoms with E-state index < -0.39 is 16.4 Å². The molecule has 1 aliphatic rings. The molecule has 2 atom stereocenters. The molecule has 0 aliphatic heterocycles. The van der Waals surface area contributed by atoms with Crippen molar-refractivity contribution in [3.63, 3.8) is 0 Å². The Morgan fingerprint density at radius 3 is 2.94 bits per heavy atom. The number of nitrogens with two attached hydrogens (primary N) is 1. The predicted molar refractivity (Wildman–Crippen MR) is 66.9 cm³/mol. The van der Waals surface area contributed by atoms with E-state index >= 15 is 0 Å². The summed E-state index contributed by atoms with van der Waals surface area (Å²) < 4.78 is 13.2. The Hall–Kier alpha value is -1.69. The smallest absolute Gasteiger partial charge is 0.306 e. The second-order valence-corrected chi connectivity index (χ2v) is 4.60.